The highest BCUT2D eigenvalue weighted by Gasteiger charge is 2.29. The SMILES string of the molecule is COc1ccc(C(=O)Nc2c3c(nn2-c2ccc(C)cc2)C[S@@](=O)C3)c(OC)c1. The number of hydrogen-bond donors (Lipinski definition) is 1. The van der Waals surface area contributed by atoms with Crippen LogP contribution in [0.3, 0.4) is 0 Å². The number of nitrogens with zero attached hydrogens (tertiary/aromatic N) is 2. The highest BCUT2D eigenvalue weighted by Crippen LogP contribution is 2.32. The van der Waals surface area contributed by atoms with Gasteiger partial charge in [0.2, 0.25) is 0 Å². The minimum atomic E-state index is -1.00. The molecule has 0 bridgehead atoms. The number of benzene rings is 2. The van der Waals surface area contributed by atoms with E-state index in [-0.39, 0.29) is 5.91 Å². The summed E-state index contributed by atoms with van der Waals surface area (Å²) in [6.45, 7) is 2.01. The second-order valence-electron chi connectivity index (χ2n) is 6.77. The van der Waals surface area contributed by atoms with E-state index in [0.717, 1.165) is 22.5 Å². The average molecular weight is 411 g/mol. The summed E-state index contributed by atoms with van der Waals surface area (Å²) in [5.41, 5.74) is 3.89. The Labute approximate surface area is 171 Å². The van der Waals surface area contributed by atoms with Crippen LogP contribution in [0.1, 0.15) is 27.2 Å². The topological polar surface area (TPSA) is 82.5 Å². The number of aromatic nitrogens is 2. The molecule has 8 heteroatoms. The van der Waals surface area contributed by atoms with Gasteiger partial charge in [-0.25, -0.2) is 4.68 Å². The Kier molecular flexibility index (Phi) is 5.10. The molecule has 0 fully saturated rings. The average Bonchev–Trinajstić information content (AvgIpc) is 3.24. The van der Waals surface area contributed by atoms with Crippen molar-refractivity contribution in [2.75, 3.05) is 19.5 Å². The van der Waals surface area contributed by atoms with E-state index < -0.39 is 10.8 Å². The van der Waals surface area contributed by atoms with Crippen LogP contribution in [0, 0.1) is 6.92 Å². The van der Waals surface area contributed by atoms with E-state index in [1.165, 1.54) is 7.11 Å². The zero-order chi connectivity index (χ0) is 20.5. The monoisotopic (exact) mass is 411 g/mol. The molecule has 3 aromatic rings. The molecule has 0 saturated carbocycles. The Balaban J connectivity index is 1.74. The fourth-order valence-electron chi connectivity index (χ4n) is 3.29. The predicted octanol–water partition coefficient (Wildman–Crippen LogP) is 3.21. The quantitative estimate of drug-likeness (QED) is 0.697. The molecule has 7 nitrogen and oxygen atoms in total. The van der Waals surface area contributed by atoms with Crippen LogP contribution >= 0.6 is 0 Å². The van der Waals surface area contributed by atoms with E-state index in [2.05, 4.69) is 10.4 Å². The standard InChI is InChI=1S/C21H21N3O4S/c1-13-4-6-14(7-5-13)24-20(17-11-29(26)12-18(17)23-24)22-21(25)16-9-8-15(27-2)10-19(16)28-3/h4-10H,11-12H2,1-3H3,(H,22,25)/t29-/m0/s1. The van der Waals surface area contributed by atoms with Crippen LogP contribution in [0.25, 0.3) is 5.69 Å². The van der Waals surface area contributed by atoms with Gasteiger partial charge in [-0.2, -0.15) is 5.10 Å². The molecule has 0 saturated heterocycles. The molecule has 29 heavy (non-hydrogen) atoms. The molecule has 1 aromatic heterocycles. The Morgan fingerprint density at radius 3 is 2.55 bits per heavy atom. The van der Waals surface area contributed by atoms with Crippen LogP contribution < -0.4 is 14.8 Å². The molecule has 1 atom stereocenters. The van der Waals surface area contributed by atoms with E-state index in [1.807, 2.05) is 31.2 Å². The molecular weight excluding hydrogens is 390 g/mol. The number of fused-ring (bicyclic) bond motifs is 1. The molecular formula is C21H21N3O4S. The minimum Gasteiger partial charge on any atom is -0.497 e. The van der Waals surface area contributed by atoms with Gasteiger partial charge in [0, 0.05) is 22.4 Å². The Morgan fingerprint density at radius 1 is 1.10 bits per heavy atom. The molecule has 0 unspecified atom stereocenters. The Bertz CT molecular complexity index is 1110. The number of rotatable bonds is 5. The first-order chi connectivity index (χ1) is 14.0. The Morgan fingerprint density at radius 2 is 1.86 bits per heavy atom. The highest BCUT2D eigenvalue weighted by molar-refractivity contribution is 7.83. The van der Waals surface area contributed by atoms with E-state index in [4.69, 9.17) is 9.47 Å². The van der Waals surface area contributed by atoms with Crippen molar-refractivity contribution in [3.8, 4) is 17.2 Å². The van der Waals surface area contributed by atoms with Gasteiger partial charge in [0.25, 0.3) is 5.91 Å². The molecule has 4 rings (SSSR count). The lowest BCUT2D eigenvalue weighted by Crippen LogP contribution is -2.17. The number of anilines is 1. The van der Waals surface area contributed by atoms with Crippen LogP contribution in [0.2, 0.25) is 0 Å². The van der Waals surface area contributed by atoms with Gasteiger partial charge in [-0.05, 0) is 31.2 Å². The largest absolute Gasteiger partial charge is 0.497 e. The summed E-state index contributed by atoms with van der Waals surface area (Å²) in [6.07, 6.45) is 0. The first kappa shape index (κ1) is 19.2. The predicted molar refractivity (Wildman–Crippen MR) is 111 cm³/mol. The number of methoxy groups -OCH3 is 2. The summed E-state index contributed by atoms with van der Waals surface area (Å²) in [4.78, 5) is 13.1. The van der Waals surface area contributed by atoms with Gasteiger partial charge in [-0.15, -0.1) is 0 Å². The van der Waals surface area contributed by atoms with Gasteiger partial charge < -0.3 is 14.8 Å². The number of carbonyl (C=O) groups excluding carboxylic acids is 1. The van der Waals surface area contributed by atoms with Gasteiger partial charge >= 0.3 is 0 Å². The van der Waals surface area contributed by atoms with Gasteiger partial charge in [-0.3, -0.25) is 9.00 Å². The molecule has 2 heterocycles. The lowest BCUT2D eigenvalue weighted by atomic mass is 10.1. The van der Waals surface area contributed by atoms with Crippen LogP contribution in [-0.4, -0.2) is 34.1 Å². The number of aryl methyl sites for hydroxylation is 1. The number of carbonyl (C=O) groups is 1. The van der Waals surface area contributed by atoms with Crippen molar-refractivity contribution in [3.05, 3.63) is 64.8 Å². The van der Waals surface area contributed by atoms with Crippen LogP contribution in [-0.2, 0) is 22.3 Å². The number of nitrogens with one attached hydrogen (secondary N) is 1. The van der Waals surface area contributed by atoms with Gasteiger partial charge in [0.05, 0.1) is 42.7 Å². The normalized spacial score (nSPS) is 15.1. The zero-order valence-corrected chi connectivity index (χ0v) is 17.2. The maximum absolute atomic E-state index is 13.1. The maximum Gasteiger partial charge on any atom is 0.260 e. The molecule has 1 amide bonds. The third-order valence-electron chi connectivity index (χ3n) is 4.83. The van der Waals surface area contributed by atoms with Crippen molar-refractivity contribution in [3.63, 3.8) is 0 Å². The summed E-state index contributed by atoms with van der Waals surface area (Å²) >= 11 is 0. The summed E-state index contributed by atoms with van der Waals surface area (Å²) in [5.74, 6) is 1.97. The van der Waals surface area contributed by atoms with Crippen molar-refractivity contribution >= 4 is 22.5 Å². The third-order valence-corrected chi connectivity index (χ3v) is 6.04. The lowest BCUT2D eigenvalue weighted by molar-refractivity contribution is 0.102. The molecule has 0 radical (unpaired) electrons. The molecule has 1 aliphatic heterocycles. The minimum absolute atomic E-state index is 0.335. The fraction of sp³-hybridized carbons (Fsp3) is 0.238. The van der Waals surface area contributed by atoms with Gasteiger partial charge in [-0.1, -0.05) is 17.7 Å². The number of ether oxygens (including phenoxy) is 2. The molecule has 2 aromatic carbocycles. The third kappa shape index (κ3) is 3.63. The molecule has 0 spiro atoms. The van der Waals surface area contributed by atoms with Crippen molar-refractivity contribution in [1.82, 2.24) is 9.78 Å². The van der Waals surface area contributed by atoms with Crippen molar-refractivity contribution < 1.29 is 18.5 Å². The molecule has 1 aliphatic rings. The molecule has 0 aliphatic carbocycles. The van der Waals surface area contributed by atoms with E-state index >= 15 is 0 Å². The lowest BCUT2D eigenvalue weighted by Gasteiger charge is -2.13. The summed E-state index contributed by atoms with van der Waals surface area (Å²) in [6, 6.07) is 12.9. The Hall–Kier alpha value is -3.13. The van der Waals surface area contributed by atoms with E-state index in [1.54, 1.807) is 30.0 Å². The first-order valence-corrected chi connectivity index (χ1v) is 10.5. The second-order valence-corrected chi connectivity index (χ2v) is 8.23. The van der Waals surface area contributed by atoms with Gasteiger partial charge in [0.15, 0.2) is 0 Å². The highest BCUT2D eigenvalue weighted by atomic mass is 32.2. The van der Waals surface area contributed by atoms with E-state index in [9.17, 15) is 9.00 Å². The zero-order valence-electron chi connectivity index (χ0n) is 16.4. The molecule has 150 valence electrons. The first-order valence-electron chi connectivity index (χ1n) is 9.06. The van der Waals surface area contributed by atoms with Crippen LogP contribution in [0.15, 0.2) is 42.5 Å². The maximum atomic E-state index is 13.1. The van der Waals surface area contributed by atoms with Crippen molar-refractivity contribution in [2.24, 2.45) is 0 Å². The van der Waals surface area contributed by atoms with Gasteiger partial charge in [0.1, 0.15) is 17.3 Å². The summed E-state index contributed by atoms with van der Waals surface area (Å²) in [7, 11) is 2.05. The van der Waals surface area contributed by atoms with E-state index in [0.29, 0.717) is 34.4 Å². The second kappa shape index (κ2) is 7.71. The van der Waals surface area contributed by atoms with Crippen molar-refractivity contribution in [1.29, 1.82) is 0 Å². The summed E-state index contributed by atoms with van der Waals surface area (Å²) in [5, 5.41) is 7.57. The summed E-state index contributed by atoms with van der Waals surface area (Å²) < 4.78 is 24.3. The number of hydrogen-bond acceptors (Lipinski definition) is 5. The van der Waals surface area contributed by atoms with Crippen LogP contribution in [0.5, 0.6) is 11.5 Å². The van der Waals surface area contributed by atoms with Crippen LogP contribution in [0.4, 0.5) is 5.82 Å². The van der Waals surface area contributed by atoms with Crippen molar-refractivity contribution in [2.45, 2.75) is 18.4 Å². The fourth-order valence-corrected chi connectivity index (χ4v) is 4.55. The molecule has 1 N–H and O–H groups in total. The number of amides is 1. The smallest absolute Gasteiger partial charge is 0.260 e.